The third-order valence-electron chi connectivity index (χ3n) is 1.76. The van der Waals surface area contributed by atoms with Crippen LogP contribution in [-0.2, 0) is 9.47 Å². The Hall–Kier alpha value is -1.14. The van der Waals surface area contributed by atoms with E-state index in [2.05, 4.69) is 10.1 Å². The lowest BCUT2D eigenvalue weighted by Gasteiger charge is -2.07. The molecule has 15 heavy (non-hydrogen) atoms. The number of carbonyl (C=O) groups excluding carboxylic acids is 1. The van der Waals surface area contributed by atoms with Gasteiger partial charge in [0.25, 0.3) is 5.17 Å². The van der Waals surface area contributed by atoms with Crippen molar-refractivity contribution in [3.63, 3.8) is 0 Å². The van der Waals surface area contributed by atoms with Gasteiger partial charge in [0.1, 0.15) is 4.88 Å². The van der Waals surface area contributed by atoms with Crippen molar-refractivity contribution in [3.8, 4) is 0 Å². The molecule has 0 aliphatic rings. The molecule has 0 aromatic carbocycles. The summed E-state index contributed by atoms with van der Waals surface area (Å²) in [6.45, 7) is 1.88. The van der Waals surface area contributed by atoms with Crippen LogP contribution in [0, 0.1) is 6.92 Å². The Kier molecular flexibility index (Phi) is 4.05. The topological polar surface area (TPSA) is 47.6 Å². The Labute approximate surface area is 97.2 Å². The second-order valence-corrected chi connectivity index (χ2v) is 3.98. The van der Waals surface area contributed by atoms with Gasteiger partial charge in [0, 0.05) is 0 Å². The van der Waals surface area contributed by atoms with E-state index in [4.69, 9.17) is 17.0 Å². The molecule has 0 spiro atoms. The molecule has 0 aliphatic carbocycles. The Morgan fingerprint density at radius 3 is 2.67 bits per heavy atom. The SMILES string of the molecule is COC(=O)c1scc(C)c1NC(=S)OC. The third kappa shape index (κ3) is 2.66. The summed E-state index contributed by atoms with van der Waals surface area (Å²) in [5.74, 6) is -0.380. The Morgan fingerprint density at radius 1 is 1.47 bits per heavy atom. The zero-order valence-electron chi connectivity index (χ0n) is 8.62. The Balaban J connectivity index is 2.99. The first-order valence-corrected chi connectivity index (χ1v) is 5.40. The molecule has 82 valence electrons. The molecule has 0 radical (unpaired) electrons. The second kappa shape index (κ2) is 5.09. The standard InChI is InChI=1S/C9H11NO3S2/c1-5-4-15-7(8(11)12-2)6(5)10-9(14)13-3/h4H,1-3H3,(H,10,14). The first kappa shape index (κ1) is 11.9. The number of carbonyl (C=O) groups is 1. The Morgan fingerprint density at radius 2 is 2.13 bits per heavy atom. The van der Waals surface area contributed by atoms with Crippen molar-refractivity contribution < 1.29 is 14.3 Å². The van der Waals surface area contributed by atoms with Gasteiger partial charge < -0.3 is 14.8 Å². The van der Waals surface area contributed by atoms with E-state index < -0.39 is 0 Å². The highest BCUT2D eigenvalue weighted by atomic mass is 32.1. The van der Waals surface area contributed by atoms with E-state index in [0.717, 1.165) is 5.56 Å². The van der Waals surface area contributed by atoms with Crippen molar-refractivity contribution in [2.45, 2.75) is 6.92 Å². The minimum atomic E-state index is -0.380. The molecular weight excluding hydrogens is 234 g/mol. The smallest absolute Gasteiger partial charge is 0.350 e. The van der Waals surface area contributed by atoms with Gasteiger partial charge in [0.15, 0.2) is 0 Å². The number of thiocarbonyl (C=S) groups is 1. The Bertz CT molecular complexity index is 387. The summed E-state index contributed by atoms with van der Waals surface area (Å²) in [5.41, 5.74) is 1.58. The number of anilines is 1. The number of ether oxygens (including phenoxy) is 2. The summed E-state index contributed by atoms with van der Waals surface area (Å²) in [7, 11) is 2.81. The van der Waals surface area contributed by atoms with Crippen LogP contribution in [0.15, 0.2) is 5.38 Å². The van der Waals surface area contributed by atoms with Crippen molar-refractivity contribution in [1.82, 2.24) is 0 Å². The van der Waals surface area contributed by atoms with E-state index in [1.165, 1.54) is 25.6 Å². The van der Waals surface area contributed by atoms with E-state index in [1.54, 1.807) is 0 Å². The number of esters is 1. The lowest BCUT2D eigenvalue weighted by molar-refractivity contribution is 0.0607. The molecule has 1 N–H and O–H groups in total. The van der Waals surface area contributed by atoms with Gasteiger partial charge in [-0.2, -0.15) is 0 Å². The van der Waals surface area contributed by atoms with Crippen molar-refractivity contribution in [2.75, 3.05) is 19.5 Å². The molecule has 0 atom stereocenters. The minimum Gasteiger partial charge on any atom is -0.474 e. The van der Waals surface area contributed by atoms with Crippen molar-refractivity contribution >= 4 is 40.4 Å². The third-order valence-corrected chi connectivity index (χ3v) is 3.10. The first-order valence-electron chi connectivity index (χ1n) is 4.11. The van der Waals surface area contributed by atoms with Gasteiger partial charge in [0.2, 0.25) is 0 Å². The van der Waals surface area contributed by atoms with Gasteiger partial charge in [0.05, 0.1) is 19.9 Å². The number of rotatable bonds is 2. The van der Waals surface area contributed by atoms with Crippen molar-refractivity contribution in [1.29, 1.82) is 0 Å². The number of hydrogen-bond acceptors (Lipinski definition) is 5. The average molecular weight is 245 g/mol. The molecule has 1 rings (SSSR count). The van der Waals surface area contributed by atoms with Gasteiger partial charge in [-0.25, -0.2) is 4.79 Å². The zero-order valence-corrected chi connectivity index (χ0v) is 10.3. The highest BCUT2D eigenvalue weighted by Crippen LogP contribution is 2.28. The lowest BCUT2D eigenvalue weighted by Crippen LogP contribution is -2.13. The fraction of sp³-hybridized carbons (Fsp3) is 0.333. The molecule has 0 bridgehead atoms. The highest BCUT2D eigenvalue weighted by molar-refractivity contribution is 7.80. The van der Waals surface area contributed by atoms with Crippen molar-refractivity contribution in [2.24, 2.45) is 0 Å². The summed E-state index contributed by atoms with van der Waals surface area (Å²) in [5, 5.41) is 4.92. The number of aryl methyl sites for hydroxylation is 1. The highest BCUT2D eigenvalue weighted by Gasteiger charge is 2.17. The van der Waals surface area contributed by atoms with E-state index in [1.807, 2.05) is 12.3 Å². The van der Waals surface area contributed by atoms with Crippen LogP contribution in [0.1, 0.15) is 15.2 Å². The maximum absolute atomic E-state index is 11.4. The molecule has 0 unspecified atom stereocenters. The molecule has 0 saturated carbocycles. The molecule has 0 fully saturated rings. The van der Waals surface area contributed by atoms with Gasteiger partial charge in [-0.05, 0) is 30.1 Å². The lowest BCUT2D eigenvalue weighted by atomic mass is 10.3. The van der Waals surface area contributed by atoms with Gasteiger partial charge in [-0.15, -0.1) is 11.3 Å². The largest absolute Gasteiger partial charge is 0.474 e. The number of thiophene rings is 1. The number of nitrogens with one attached hydrogen (secondary N) is 1. The normalized spacial score (nSPS) is 9.53. The van der Waals surface area contributed by atoms with Gasteiger partial charge in [-0.3, -0.25) is 0 Å². The fourth-order valence-electron chi connectivity index (χ4n) is 0.996. The van der Waals surface area contributed by atoms with E-state index in [-0.39, 0.29) is 11.1 Å². The first-order chi connectivity index (χ1) is 7.10. The zero-order chi connectivity index (χ0) is 11.4. The summed E-state index contributed by atoms with van der Waals surface area (Å²) in [4.78, 5) is 11.9. The monoisotopic (exact) mass is 245 g/mol. The summed E-state index contributed by atoms with van der Waals surface area (Å²) >= 11 is 6.17. The maximum atomic E-state index is 11.4. The maximum Gasteiger partial charge on any atom is 0.350 e. The van der Waals surface area contributed by atoms with Crippen LogP contribution >= 0.6 is 23.6 Å². The second-order valence-electron chi connectivity index (χ2n) is 2.73. The van der Waals surface area contributed by atoms with Crippen molar-refractivity contribution in [3.05, 3.63) is 15.8 Å². The van der Waals surface area contributed by atoms with Crippen LogP contribution in [0.5, 0.6) is 0 Å². The molecule has 4 nitrogen and oxygen atoms in total. The minimum absolute atomic E-state index is 0.224. The molecule has 1 aromatic heterocycles. The van der Waals surface area contributed by atoms with Crippen LogP contribution in [0.2, 0.25) is 0 Å². The van der Waals surface area contributed by atoms with Crippen LogP contribution in [0.3, 0.4) is 0 Å². The molecule has 0 aliphatic heterocycles. The average Bonchev–Trinajstić information content (AvgIpc) is 2.59. The predicted octanol–water partition coefficient (Wildman–Crippen LogP) is 2.19. The number of methoxy groups -OCH3 is 2. The van der Waals surface area contributed by atoms with Crippen LogP contribution in [-0.4, -0.2) is 25.4 Å². The van der Waals surface area contributed by atoms with Gasteiger partial charge in [-0.1, -0.05) is 0 Å². The molecular formula is C9H11NO3S2. The van der Waals surface area contributed by atoms with Crippen LogP contribution in [0.25, 0.3) is 0 Å². The number of hydrogen-bond donors (Lipinski definition) is 1. The van der Waals surface area contributed by atoms with E-state index in [9.17, 15) is 4.79 Å². The van der Waals surface area contributed by atoms with E-state index >= 15 is 0 Å². The summed E-state index contributed by atoms with van der Waals surface area (Å²) in [6.07, 6.45) is 0. The van der Waals surface area contributed by atoms with Crippen LogP contribution in [0.4, 0.5) is 5.69 Å². The summed E-state index contributed by atoms with van der Waals surface area (Å²) < 4.78 is 9.47. The van der Waals surface area contributed by atoms with Gasteiger partial charge >= 0.3 is 5.97 Å². The molecule has 1 aromatic rings. The fourth-order valence-corrected chi connectivity index (χ4v) is 2.02. The molecule has 0 amide bonds. The quantitative estimate of drug-likeness (QED) is 0.639. The molecule has 0 saturated heterocycles. The predicted molar refractivity (Wildman–Crippen MR) is 63.6 cm³/mol. The van der Waals surface area contributed by atoms with Crippen LogP contribution < -0.4 is 5.32 Å². The molecule has 6 heteroatoms. The summed E-state index contributed by atoms with van der Waals surface area (Å²) in [6, 6.07) is 0. The molecule has 1 heterocycles. The van der Waals surface area contributed by atoms with E-state index in [0.29, 0.717) is 10.6 Å².